The third-order valence-electron chi connectivity index (χ3n) is 3.39. The van der Waals surface area contributed by atoms with E-state index in [0.717, 1.165) is 24.3 Å². The summed E-state index contributed by atoms with van der Waals surface area (Å²) in [4.78, 5) is 0. The van der Waals surface area contributed by atoms with Crippen molar-refractivity contribution in [3.05, 3.63) is 65.7 Å². The van der Waals surface area contributed by atoms with Crippen LogP contribution in [0.1, 0.15) is 24.2 Å². The highest BCUT2D eigenvalue weighted by molar-refractivity contribution is 5.29. The van der Waals surface area contributed by atoms with Gasteiger partial charge in [-0.1, -0.05) is 42.5 Å². The van der Waals surface area contributed by atoms with Gasteiger partial charge in [0.1, 0.15) is 11.9 Å². The van der Waals surface area contributed by atoms with Crippen LogP contribution in [0.4, 0.5) is 0 Å². The molecule has 21 heavy (non-hydrogen) atoms. The van der Waals surface area contributed by atoms with Crippen LogP contribution in [0.25, 0.3) is 0 Å². The summed E-state index contributed by atoms with van der Waals surface area (Å²) in [5, 5.41) is 0. The summed E-state index contributed by atoms with van der Waals surface area (Å²) < 4.78 is 11.1. The fourth-order valence-corrected chi connectivity index (χ4v) is 2.22. The van der Waals surface area contributed by atoms with E-state index < -0.39 is 0 Å². The second-order valence-corrected chi connectivity index (χ2v) is 5.20. The van der Waals surface area contributed by atoms with Crippen molar-refractivity contribution in [3.63, 3.8) is 0 Å². The van der Waals surface area contributed by atoms with Crippen molar-refractivity contribution in [2.24, 2.45) is 5.73 Å². The molecule has 2 N–H and O–H groups in total. The SMILES string of the molecule is COCCc1ccc(OC(c2ccccc2)C(C)N)cc1. The molecule has 3 heteroatoms. The minimum absolute atomic E-state index is 0.0828. The smallest absolute Gasteiger partial charge is 0.138 e. The molecule has 3 nitrogen and oxygen atoms in total. The summed E-state index contributed by atoms with van der Waals surface area (Å²) in [6, 6.07) is 18.1. The van der Waals surface area contributed by atoms with Crippen molar-refractivity contribution in [2.45, 2.75) is 25.5 Å². The van der Waals surface area contributed by atoms with Crippen molar-refractivity contribution < 1.29 is 9.47 Å². The maximum Gasteiger partial charge on any atom is 0.138 e. The van der Waals surface area contributed by atoms with E-state index in [1.165, 1.54) is 5.56 Å². The van der Waals surface area contributed by atoms with E-state index in [4.69, 9.17) is 15.2 Å². The Morgan fingerprint density at radius 1 is 1.00 bits per heavy atom. The van der Waals surface area contributed by atoms with E-state index in [2.05, 4.69) is 12.1 Å². The van der Waals surface area contributed by atoms with Gasteiger partial charge in [-0.3, -0.25) is 0 Å². The summed E-state index contributed by atoms with van der Waals surface area (Å²) in [5.41, 5.74) is 8.40. The van der Waals surface area contributed by atoms with Gasteiger partial charge in [-0.2, -0.15) is 0 Å². The molecular formula is C18H23NO2. The van der Waals surface area contributed by atoms with Gasteiger partial charge >= 0.3 is 0 Å². The maximum absolute atomic E-state index is 6.07. The van der Waals surface area contributed by atoms with Gasteiger partial charge in [0.15, 0.2) is 0 Å². The second kappa shape index (κ2) is 7.81. The lowest BCUT2D eigenvalue weighted by molar-refractivity contribution is 0.180. The molecule has 2 unspecified atom stereocenters. The molecule has 0 aliphatic rings. The van der Waals surface area contributed by atoms with E-state index in [0.29, 0.717) is 0 Å². The van der Waals surface area contributed by atoms with Crippen molar-refractivity contribution in [1.29, 1.82) is 0 Å². The Hall–Kier alpha value is -1.84. The molecule has 0 aliphatic heterocycles. The largest absolute Gasteiger partial charge is 0.484 e. The molecule has 2 aromatic carbocycles. The monoisotopic (exact) mass is 285 g/mol. The lowest BCUT2D eigenvalue weighted by Gasteiger charge is -2.23. The van der Waals surface area contributed by atoms with Gasteiger partial charge in [-0.15, -0.1) is 0 Å². The number of ether oxygens (including phenoxy) is 2. The quantitative estimate of drug-likeness (QED) is 0.848. The predicted molar refractivity (Wildman–Crippen MR) is 85.5 cm³/mol. The number of benzene rings is 2. The van der Waals surface area contributed by atoms with Gasteiger partial charge in [0, 0.05) is 13.2 Å². The maximum atomic E-state index is 6.07. The average molecular weight is 285 g/mol. The highest BCUT2D eigenvalue weighted by atomic mass is 16.5. The van der Waals surface area contributed by atoms with Crippen LogP contribution in [0.5, 0.6) is 5.75 Å². The van der Waals surface area contributed by atoms with Crippen molar-refractivity contribution in [1.82, 2.24) is 0 Å². The summed E-state index contributed by atoms with van der Waals surface area (Å²) in [5.74, 6) is 0.835. The van der Waals surface area contributed by atoms with E-state index in [9.17, 15) is 0 Å². The first-order valence-corrected chi connectivity index (χ1v) is 7.26. The molecule has 0 spiro atoms. The van der Waals surface area contributed by atoms with Crippen LogP contribution in [-0.2, 0) is 11.2 Å². The van der Waals surface area contributed by atoms with Crippen LogP contribution in [0.3, 0.4) is 0 Å². The van der Waals surface area contributed by atoms with Crippen molar-refractivity contribution in [2.75, 3.05) is 13.7 Å². The predicted octanol–water partition coefficient (Wildman–Crippen LogP) is 3.34. The lowest BCUT2D eigenvalue weighted by Crippen LogP contribution is -2.29. The van der Waals surface area contributed by atoms with E-state index >= 15 is 0 Å². The second-order valence-electron chi connectivity index (χ2n) is 5.20. The third-order valence-corrected chi connectivity index (χ3v) is 3.39. The van der Waals surface area contributed by atoms with Crippen LogP contribution in [-0.4, -0.2) is 19.8 Å². The van der Waals surface area contributed by atoms with Gasteiger partial charge in [0.05, 0.1) is 6.61 Å². The molecule has 0 bridgehead atoms. The Morgan fingerprint density at radius 2 is 1.67 bits per heavy atom. The lowest BCUT2D eigenvalue weighted by atomic mass is 10.0. The van der Waals surface area contributed by atoms with Crippen LogP contribution in [0.2, 0.25) is 0 Å². The molecule has 0 aliphatic carbocycles. The zero-order chi connectivity index (χ0) is 15.1. The topological polar surface area (TPSA) is 44.5 Å². The molecule has 0 aromatic heterocycles. The van der Waals surface area contributed by atoms with E-state index in [1.807, 2.05) is 49.4 Å². The number of methoxy groups -OCH3 is 1. The van der Waals surface area contributed by atoms with Crippen LogP contribution in [0, 0.1) is 0 Å². The summed E-state index contributed by atoms with van der Waals surface area (Å²) in [6.07, 6.45) is 0.766. The molecule has 2 rings (SSSR count). The minimum atomic E-state index is -0.143. The fraction of sp³-hybridized carbons (Fsp3) is 0.333. The normalized spacial score (nSPS) is 13.7. The molecule has 0 heterocycles. The minimum Gasteiger partial charge on any atom is -0.484 e. The molecular weight excluding hydrogens is 262 g/mol. The standard InChI is InChI=1S/C18H23NO2/c1-14(19)18(16-6-4-3-5-7-16)21-17-10-8-15(9-11-17)12-13-20-2/h3-11,14,18H,12-13,19H2,1-2H3. The van der Waals surface area contributed by atoms with Gasteiger partial charge < -0.3 is 15.2 Å². The molecule has 0 saturated heterocycles. The Morgan fingerprint density at radius 3 is 2.24 bits per heavy atom. The Labute approximate surface area is 126 Å². The van der Waals surface area contributed by atoms with Gasteiger partial charge in [-0.05, 0) is 36.6 Å². The van der Waals surface area contributed by atoms with Crippen LogP contribution >= 0.6 is 0 Å². The third kappa shape index (κ3) is 4.59. The van der Waals surface area contributed by atoms with Crippen LogP contribution < -0.4 is 10.5 Å². The molecule has 0 radical (unpaired) electrons. The van der Waals surface area contributed by atoms with Crippen molar-refractivity contribution in [3.8, 4) is 5.75 Å². The molecule has 112 valence electrons. The number of rotatable bonds is 7. The Kier molecular flexibility index (Phi) is 5.78. The summed E-state index contributed by atoms with van der Waals surface area (Å²) in [6.45, 7) is 2.69. The number of hydrogen-bond acceptors (Lipinski definition) is 3. The highest BCUT2D eigenvalue weighted by Crippen LogP contribution is 2.24. The molecule has 2 atom stereocenters. The first-order valence-electron chi connectivity index (χ1n) is 7.26. The number of nitrogens with two attached hydrogens (primary N) is 1. The highest BCUT2D eigenvalue weighted by Gasteiger charge is 2.17. The summed E-state index contributed by atoms with van der Waals surface area (Å²) in [7, 11) is 1.71. The van der Waals surface area contributed by atoms with Gasteiger partial charge in [0.25, 0.3) is 0 Å². The van der Waals surface area contributed by atoms with E-state index in [-0.39, 0.29) is 12.1 Å². The fourth-order valence-electron chi connectivity index (χ4n) is 2.22. The van der Waals surface area contributed by atoms with E-state index in [1.54, 1.807) is 7.11 Å². The average Bonchev–Trinajstić information content (AvgIpc) is 2.52. The van der Waals surface area contributed by atoms with Gasteiger partial charge in [0.2, 0.25) is 0 Å². The molecule has 0 saturated carbocycles. The Balaban J connectivity index is 2.07. The van der Waals surface area contributed by atoms with Crippen LogP contribution in [0.15, 0.2) is 54.6 Å². The van der Waals surface area contributed by atoms with Crippen molar-refractivity contribution >= 4 is 0 Å². The molecule has 0 amide bonds. The summed E-state index contributed by atoms with van der Waals surface area (Å²) >= 11 is 0. The Bertz CT molecular complexity index is 523. The molecule has 0 fully saturated rings. The zero-order valence-electron chi connectivity index (χ0n) is 12.7. The first kappa shape index (κ1) is 15.5. The molecule has 2 aromatic rings. The van der Waals surface area contributed by atoms with Gasteiger partial charge in [-0.25, -0.2) is 0 Å². The number of hydrogen-bond donors (Lipinski definition) is 1. The zero-order valence-corrected chi connectivity index (χ0v) is 12.7. The first-order chi connectivity index (χ1) is 10.2.